The van der Waals surface area contributed by atoms with Gasteiger partial charge in [0, 0.05) is 17.5 Å². The van der Waals surface area contributed by atoms with Crippen molar-refractivity contribution in [1.82, 2.24) is 5.32 Å². The van der Waals surface area contributed by atoms with Gasteiger partial charge in [0.05, 0.1) is 0 Å². The molecule has 0 saturated carbocycles. The Kier molecular flexibility index (Phi) is 3.82. The van der Waals surface area contributed by atoms with Gasteiger partial charge in [-0.1, -0.05) is 32.0 Å². The van der Waals surface area contributed by atoms with E-state index in [2.05, 4.69) is 36.0 Å². The summed E-state index contributed by atoms with van der Waals surface area (Å²) >= 11 is 1.68. The molecule has 2 aromatic rings. The molecule has 1 aromatic heterocycles. The first-order valence-corrected chi connectivity index (χ1v) is 6.90. The van der Waals surface area contributed by atoms with Crippen LogP contribution in [0.4, 0.5) is 0 Å². The maximum atomic E-state index is 12.0. The fourth-order valence-electron chi connectivity index (χ4n) is 1.74. The van der Waals surface area contributed by atoms with Gasteiger partial charge in [0.1, 0.15) is 0 Å². The zero-order valence-corrected chi connectivity index (χ0v) is 11.5. The normalized spacial score (nSPS) is 11.2. The summed E-state index contributed by atoms with van der Waals surface area (Å²) in [6.07, 6.45) is 0. The predicted octanol–water partition coefficient (Wildman–Crippen LogP) is 3.46. The second-order valence-corrected chi connectivity index (χ2v) is 5.72. The molecule has 0 radical (unpaired) electrons. The van der Waals surface area contributed by atoms with Crippen molar-refractivity contribution >= 4 is 17.2 Å². The summed E-state index contributed by atoms with van der Waals surface area (Å²) in [4.78, 5) is 12.0. The third-order valence-electron chi connectivity index (χ3n) is 3.03. The Hall–Kier alpha value is -1.61. The minimum absolute atomic E-state index is 0.0149. The van der Waals surface area contributed by atoms with Crippen LogP contribution in [0.1, 0.15) is 29.8 Å². The van der Waals surface area contributed by atoms with Crippen LogP contribution in [-0.2, 0) is 5.41 Å². The molecule has 2 rings (SSSR count). The Morgan fingerprint density at radius 2 is 1.94 bits per heavy atom. The molecule has 3 heteroatoms. The van der Waals surface area contributed by atoms with E-state index in [1.54, 1.807) is 11.3 Å². The Morgan fingerprint density at radius 1 is 1.22 bits per heavy atom. The molecule has 0 aliphatic rings. The van der Waals surface area contributed by atoms with Gasteiger partial charge in [-0.05, 0) is 34.5 Å². The SMILES string of the molecule is CC(C)(CNC(=O)c1ccccc1)c1ccsc1. The van der Waals surface area contributed by atoms with Crippen molar-refractivity contribution in [2.75, 3.05) is 6.54 Å². The number of amides is 1. The molecule has 0 spiro atoms. The number of thiophene rings is 1. The molecule has 1 N–H and O–H groups in total. The number of nitrogens with one attached hydrogen (secondary N) is 1. The van der Waals surface area contributed by atoms with Gasteiger partial charge in [0.2, 0.25) is 0 Å². The number of hydrogen-bond donors (Lipinski definition) is 1. The van der Waals surface area contributed by atoms with E-state index >= 15 is 0 Å². The first-order valence-electron chi connectivity index (χ1n) is 5.95. The monoisotopic (exact) mass is 259 g/mol. The summed E-state index contributed by atoms with van der Waals surface area (Å²) in [6.45, 7) is 4.91. The van der Waals surface area contributed by atoms with Gasteiger partial charge in [-0.3, -0.25) is 4.79 Å². The van der Waals surface area contributed by atoms with E-state index in [-0.39, 0.29) is 11.3 Å². The number of benzene rings is 1. The third kappa shape index (κ3) is 2.99. The van der Waals surface area contributed by atoms with Crippen molar-refractivity contribution in [3.8, 4) is 0 Å². The third-order valence-corrected chi connectivity index (χ3v) is 3.71. The molecule has 0 atom stereocenters. The van der Waals surface area contributed by atoms with E-state index < -0.39 is 0 Å². The fraction of sp³-hybridized carbons (Fsp3) is 0.267. The van der Waals surface area contributed by atoms with Gasteiger partial charge < -0.3 is 5.32 Å². The van der Waals surface area contributed by atoms with Crippen LogP contribution in [0.15, 0.2) is 47.2 Å². The lowest BCUT2D eigenvalue weighted by atomic mass is 9.86. The molecule has 1 heterocycles. The standard InChI is InChI=1S/C15H17NOS/c1-15(2,13-8-9-18-10-13)11-16-14(17)12-6-4-3-5-7-12/h3-10H,11H2,1-2H3,(H,16,17). The Morgan fingerprint density at radius 3 is 2.56 bits per heavy atom. The highest BCUT2D eigenvalue weighted by Gasteiger charge is 2.21. The zero-order chi connectivity index (χ0) is 13.0. The minimum atomic E-state index is -0.0373. The van der Waals surface area contributed by atoms with E-state index in [1.807, 2.05) is 30.3 Å². The lowest BCUT2D eigenvalue weighted by Gasteiger charge is -2.24. The van der Waals surface area contributed by atoms with Crippen LogP contribution >= 0.6 is 11.3 Å². The maximum Gasteiger partial charge on any atom is 0.251 e. The van der Waals surface area contributed by atoms with Crippen molar-refractivity contribution in [2.45, 2.75) is 19.3 Å². The average Bonchev–Trinajstić information content (AvgIpc) is 2.92. The van der Waals surface area contributed by atoms with Crippen LogP contribution < -0.4 is 5.32 Å². The topological polar surface area (TPSA) is 29.1 Å². The summed E-state index contributed by atoms with van der Waals surface area (Å²) in [6, 6.07) is 11.4. The fourth-order valence-corrected chi connectivity index (χ4v) is 2.59. The number of carbonyl (C=O) groups excluding carboxylic acids is 1. The van der Waals surface area contributed by atoms with Gasteiger partial charge >= 0.3 is 0 Å². The van der Waals surface area contributed by atoms with E-state index in [0.717, 1.165) is 0 Å². The number of rotatable bonds is 4. The van der Waals surface area contributed by atoms with Gasteiger partial charge in [-0.25, -0.2) is 0 Å². The Labute approximate surface area is 112 Å². The lowest BCUT2D eigenvalue weighted by molar-refractivity contribution is 0.0945. The molecule has 0 aliphatic carbocycles. The van der Waals surface area contributed by atoms with Gasteiger partial charge in [-0.2, -0.15) is 11.3 Å². The van der Waals surface area contributed by atoms with E-state index in [9.17, 15) is 4.79 Å². The van der Waals surface area contributed by atoms with Crippen LogP contribution in [-0.4, -0.2) is 12.5 Å². The molecular weight excluding hydrogens is 242 g/mol. The summed E-state index contributed by atoms with van der Waals surface area (Å²) in [5.74, 6) is -0.0149. The Balaban J connectivity index is 1.98. The molecule has 0 fully saturated rings. The molecule has 0 unspecified atom stereocenters. The molecule has 0 bridgehead atoms. The van der Waals surface area contributed by atoms with Gasteiger partial charge in [0.15, 0.2) is 0 Å². The smallest absolute Gasteiger partial charge is 0.251 e. The summed E-state index contributed by atoms with van der Waals surface area (Å²) < 4.78 is 0. The Bertz CT molecular complexity index is 503. The first kappa shape index (κ1) is 12.8. The van der Waals surface area contributed by atoms with Crippen LogP contribution in [0.25, 0.3) is 0 Å². The molecule has 1 amide bonds. The number of hydrogen-bond acceptors (Lipinski definition) is 2. The molecule has 0 saturated heterocycles. The zero-order valence-electron chi connectivity index (χ0n) is 10.6. The molecule has 1 aromatic carbocycles. The molecule has 2 nitrogen and oxygen atoms in total. The van der Waals surface area contributed by atoms with Crippen molar-refractivity contribution in [3.63, 3.8) is 0 Å². The predicted molar refractivity (Wildman–Crippen MR) is 76.1 cm³/mol. The average molecular weight is 259 g/mol. The van der Waals surface area contributed by atoms with E-state index in [1.165, 1.54) is 5.56 Å². The molecule has 0 aliphatic heterocycles. The summed E-state index contributed by atoms with van der Waals surface area (Å²) in [5, 5.41) is 7.19. The largest absolute Gasteiger partial charge is 0.351 e. The van der Waals surface area contributed by atoms with Crippen molar-refractivity contribution in [3.05, 3.63) is 58.3 Å². The summed E-state index contributed by atoms with van der Waals surface area (Å²) in [7, 11) is 0. The second kappa shape index (κ2) is 5.36. The highest BCUT2D eigenvalue weighted by molar-refractivity contribution is 7.08. The summed E-state index contributed by atoms with van der Waals surface area (Å²) in [5.41, 5.74) is 1.93. The molecule has 94 valence electrons. The van der Waals surface area contributed by atoms with Crippen LogP contribution in [0.2, 0.25) is 0 Å². The maximum absolute atomic E-state index is 12.0. The van der Waals surface area contributed by atoms with Gasteiger partial charge in [0.25, 0.3) is 5.91 Å². The first-order chi connectivity index (χ1) is 8.59. The van der Waals surface area contributed by atoms with E-state index in [0.29, 0.717) is 12.1 Å². The van der Waals surface area contributed by atoms with E-state index in [4.69, 9.17) is 0 Å². The van der Waals surface area contributed by atoms with Gasteiger partial charge in [-0.15, -0.1) is 0 Å². The van der Waals surface area contributed by atoms with Crippen molar-refractivity contribution < 1.29 is 4.79 Å². The number of carbonyl (C=O) groups is 1. The van der Waals surface area contributed by atoms with Crippen LogP contribution in [0.5, 0.6) is 0 Å². The lowest BCUT2D eigenvalue weighted by Crippen LogP contribution is -2.36. The van der Waals surface area contributed by atoms with Crippen LogP contribution in [0, 0.1) is 0 Å². The highest BCUT2D eigenvalue weighted by atomic mass is 32.1. The molecule has 18 heavy (non-hydrogen) atoms. The quantitative estimate of drug-likeness (QED) is 0.895. The highest BCUT2D eigenvalue weighted by Crippen LogP contribution is 2.24. The second-order valence-electron chi connectivity index (χ2n) is 4.94. The minimum Gasteiger partial charge on any atom is -0.351 e. The van der Waals surface area contributed by atoms with Crippen molar-refractivity contribution in [1.29, 1.82) is 0 Å². The van der Waals surface area contributed by atoms with Crippen molar-refractivity contribution in [2.24, 2.45) is 0 Å². The van der Waals surface area contributed by atoms with Crippen LogP contribution in [0.3, 0.4) is 0 Å². The molecular formula is C15H17NOS.